The molecular formula is C24H16BrCl3N2O2. The second-order valence-electron chi connectivity index (χ2n) is 6.81. The molecule has 0 spiro atoms. The van der Waals surface area contributed by atoms with Gasteiger partial charge in [0.2, 0.25) is 0 Å². The number of hydrogen-bond donors (Lipinski definition) is 1. The second kappa shape index (κ2) is 10.9. The lowest BCUT2D eigenvalue weighted by Crippen LogP contribution is -2.14. The summed E-state index contributed by atoms with van der Waals surface area (Å²) in [5.41, 5.74) is 2.88. The van der Waals surface area contributed by atoms with E-state index in [4.69, 9.17) is 39.5 Å². The average molecular weight is 551 g/mol. The van der Waals surface area contributed by atoms with Gasteiger partial charge in [0.25, 0.3) is 5.91 Å². The van der Waals surface area contributed by atoms with Gasteiger partial charge in [-0.3, -0.25) is 4.79 Å². The molecule has 4 nitrogen and oxygen atoms in total. The first-order valence-electron chi connectivity index (χ1n) is 9.32. The van der Waals surface area contributed by atoms with Gasteiger partial charge >= 0.3 is 0 Å². The fraction of sp³-hybridized carbons (Fsp3) is 0.0833. The van der Waals surface area contributed by atoms with Crippen LogP contribution in [0.25, 0.3) is 6.08 Å². The smallest absolute Gasteiger partial charge is 0.266 e. The molecule has 0 aliphatic carbocycles. The van der Waals surface area contributed by atoms with E-state index in [0.717, 1.165) is 11.1 Å². The number of carbonyl (C=O) groups is 1. The van der Waals surface area contributed by atoms with E-state index in [1.54, 1.807) is 48.5 Å². The van der Waals surface area contributed by atoms with Crippen LogP contribution in [0.5, 0.6) is 5.75 Å². The number of anilines is 1. The van der Waals surface area contributed by atoms with Crippen molar-refractivity contribution in [1.82, 2.24) is 0 Å². The molecule has 0 bridgehead atoms. The van der Waals surface area contributed by atoms with Crippen LogP contribution < -0.4 is 10.1 Å². The van der Waals surface area contributed by atoms with Gasteiger partial charge in [0.1, 0.15) is 24.0 Å². The fourth-order valence-corrected chi connectivity index (χ4v) is 3.75. The number of carbonyl (C=O) groups excluding carboxylic acids is 1. The number of nitrogens with one attached hydrogen (secondary N) is 1. The molecule has 0 fully saturated rings. The minimum absolute atomic E-state index is 0.0410. The van der Waals surface area contributed by atoms with Gasteiger partial charge < -0.3 is 10.1 Å². The normalized spacial score (nSPS) is 11.1. The molecule has 0 radical (unpaired) electrons. The van der Waals surface area contributed by atoms with Crippen LogP contribution in [0, 0.1) is 18.3 Å². The van der Waals surface area contributed by atoms with E-state index < -0.39 is 5.91 Å². The Morgan fingerprint density at radius 2 is 1.88 bits per heavy atom. The molecule has 1 amide bonds. The van der Waals surface area contributed by atoms with Crippen LogP contribution in [0.2, 0.25) is 15.1 Å². The lowest BCUT2D eigenvalue weighted by atomic mass is 10.1. The summed E-state index contributed by atoms with van der Waals surface area (Å²) in [4.78, 5) is 12.6. The summed E-state index contributed by atoms with van der Waals surface area (Å²) in [5, 5.41) is 13.6. The van der Waals surface area contributed by atoms with Crippen molar-refractivity contribution in [2.45, 2.75) is 13.5 Å². The number of nitriles is 1. The first-order valence-corrected chi connectivity index (χ1v) is 11.2. The first-order chi connectivity index (χ1) is 15.3. The highest BCUT2D eigenvalue weighted by atomic mass is 79.9. The Balaban J connectivity index is 1.73. The zero-order valence-electron chi connectivity index (χ0n) is 16.8. The molecule has 0 saturated heterocycles. The van der Waals surface area contributed by atoms with Crippen LogP contribution in [0.3, 0.4) is 0 Å². The van der Waals surface area contributed by atoms with Crippen molar-refractivity contribution in [3.05, 3.63) is 96.4 Å². The van der Waals surface area contributed by atoms with E-state index in [-0.39, 0.29) is 5.57 Å². The zero-order chi connectivity index (χ0) is 23.3. The summed E-state index contributed by atoms with van der Waals surface area (Å²) in [6, 6.07) is 17.7. The molecule has 3 rings (SSSR count). The molecule has 0 aliphatic rings. The number of rotatable bonds is 6. The molecule has 0 unspecified atom stereocenters. The number of ether oxygens (including phenoxy) is 1. The van der Waals surface area contributed by atoms with Gasteiger partial charge in [0.15, 0.2) is 0 Å². The van der Waals surface area contributed by atoms with Gasteiger partial charge in [-0.15, -0.1) is 0 Å². The first kappa shape index (κ1) is 24.2. The number of hydrogen-bond acceptors (Lipinski definition) is 3. The minimum Gasteiger partial charge on any atom is -0.488 e. The number of amides is 1. The number of aryl methyl sites for hydroxylation is 1. The molecule has 1 N–H and O–H groups in total. The topological polar surface area (TPSA) is 62.1 Å². The molecule has 3 aromatic carbocycles. The third kappa shape index (κ3) is 6.27. The predicted molar refractivity (Wildman–Crippen MR) is 133 cm³/mol. The van der Waals surface area contributed by atoms with Gasteiger partial charge in [-0.25, -0.2) is 0 Å². The Hall–Kier alpha value is -2.49. The molecule has 32 heavy (non-hydrogen) atoms. The van der Waals surface area contributed by atoms with E-state index >= 15 is 0 Å². The molecule has 0 aromatic heterocycles. The number of nitrogens with zero attached hydrogens (tertiary/aromatic N) is 1. The Labute approximate surface area is 209 Å². The highest BCUT2D eigenvalue weighted by molar-refractivity contribution is 9.10. The van der Waals surface area contributed by atoms with E-state index in [1.807, 2.05) is 19.1 Å². The zero-order valence-corrected chi connectivity index (χ0v) is 20.6. The van der Waals surface area contributed by atoms with E-state index in [0.29, 0.717) is 43.1 Å². The minimum atomic E-state index is -0.520. The molecule has 0 atom stereocenters. The number of benzene rings is 3. The second-order valence-corrected chi connectivity index (χ2v) is 8.92. The lowest BCUT2D eigenvalue weighted by Gasteiger charge is -2.10. The SMILES string of the molecule is Cc1ccc(Cl)cc1NC(=O)/C(C#N)=C/c1ccc(OCc2ccc(Cl)c(Cl)c2)c(Br)c1. The van der Waals surface area contributed by atoms with Gasteiger partial charge in [-0.2, -0.15) is 5.26 Å². The van der Waals surface area contributed by atoms with E-state index in [1.165, 1.54) is 6.08 Å². The van der Waals surface area contributed by atoms with Crippen LogP contribution >= 0.6 is 50.7 Å². The van der Waals surface area contributed by atoms with Crippen molar-refractivity contribution in [3.63, 3.8) is 0 Å². The largest absolute Gasteiger partial charge is 0.488 e. The van der Waals surface area contributed by atoms with Crippen molar-refractivity contribution in [3.8, 4) is 11.8 Å². The maximum absolute atomic E-state index is 12.6. The molecular weight excluding hydrogens is 535 g/mol. The summed E-state index contributed by atoms with van der Waals surface area (Å²) < 4.78 is 6.50. The summed E-state index contributed by atoms with van der Waals surface area (Å²) in [7, 11) is 0. The van der Waals surface area contributed by atoms with Gasteiger partial charge in [-0.05, 0) is 82.0 Å². The highest BCUT2D eigenvalue weighted by Gasteiger charge is 2.12. The van der Waals surface area contributed by atoms with E-state index in [2.05, 4.69) is 21.2 Å². The summed E-state index contributed by atoms with van der Waals surface area (Å²) in [5.74, 6) is 0.0830. The van der Waals surface area contributed by atoms with Gasteiger partial charge in [0.05, 0.1) is 14.5 Å². The number of halogens is 4. The maximum atomic E-state index is 12.6. The average Bonchev–Trinajstić information content (AvgIpc) is 2.76. The van der Waals surface area contributed by atoms with Crippen molar-refractivity contribution in [2.75, 3.05) is 5.32 Å². The third-order valence-corrected chi connectivity index (χ3v) is 6.05. The van der Waals surface area contributed by atoms with Crippen LogP contribution in [0.1, 0.15) is 16.7 Å². The van der Waals surface area contributed by atoms with Gasteiger partial charge in [-0.1, -0.05) is 53.0 Å². The van der Waals surface area contributed by atoms with E-state index in [9.17, 15) is 10.1 Å². The molecule has 162 valence electrons. The standard InChI is InChI=1S/C24H16BrCl3N2O2/c1-14-2-5-18(26)11-22(14)30-24(31)17(12-29)8-15-4-7-23(19(25)9-15)32-13-16-3-6-20(27)21(28)10-16/h2-11H,13H2,1H3,(H,30,31)/b17-8+. The summed E-state index contributed by atoms with van der Waals surface area (Å²) in [6.45, 7) is 2.14. The van der Waals surface area contributed by atoms with Crippen molar-refractivity contribution in [2.24, 2.45) is 0 Å². The quantitative estimate of drug-likeness (QED) is 0.251. The Kier molecular flexibility index (Phi) is 8.22. The summed E-state index contributed by atoms with van der Waals surface area (Å²) in [6.07, 6.45) is 1.50. The van der Waals surface area contributed by atoms with Crippen molar-refractivity contribution >= 4 is 68.4 Å². The molecule has 0 aliphatic heterocycles. The van der Waals surface area contributed by atoms with Crippen molar-refractivity contribution in [1.29, 1.82) is 5.26 Å². The molecule has 8 heteroatoms. The van der Waals surface area contributed by atoms with Crippen LogP contribution in [-0.2, 0) is 11.4 Å². The molecule has 3 aromatic rings. The van der Waals surface area contributed by atoms with Crippen LogP contribution in [0.4, 0.5) is 5.69 Å². The highest BCUT2D eigenvalue weighted by Crippen LogP contribution is 2.29. The lowest BCUT2D eigenvalue weighted by molar-refractivity contribution is -0.112. The Morgan fingerprint density at radius 3 is 2.56 bits per heavy atom. The monoisotopic (exact) mass is 548 g/mol. The summed E-state index contributed by atoms with van der Waals surface area (Å²) >= 11 is 21.4. The fourth-order valence-electron chi connectivity index (χ4n) is 2.75. The molecule has 0 heterocycles. The molecule has 0 saturated carbocycles. The maximum Gasteiger partial charge on any atom is 0.266 e. The van der Waals surface area contributed by atoms with Crippen LogP contribution in [0.15, 0.2) is 64.6 Å². The third-order valence-electron chi connectivity index (χ3n) is 4.46. The van der Waals surface area contributed by atoms with Crippen LogP contribution in [-0.4, -0.2) is 5.91 Å². The Bertz CT molecular complexity index is 1250. The predicted octanol–water partition coefficient (Wildman–Crippen LogP) is 7.84. The van der Waals surface area contributed by atoms with Gasteiger partial charge in [0, 0.05) is 10.7 Å². The Morgan fingerprint density at radius 1 is 1.09 bits per heavy atom. The van der Waals surface area contributed by atoms with Crippen molar-refractivity contribution < 1.29 is 9.53 Å².